The summed E-state index contributed by atoms with van der Waals surface area (Å²) in [6, 6.07) is 7.94. The van der Waals surface area contributed by atoms with Gasteiger partial charge in [-0.3, -0.25) is 0 Å². The van der Waals surface area contributed by atoms with Gasteiger partial charge in [0.15, 0.2) is 5.82 Å². The topological polar surface area (TPSA) is 37.8 Å². The molecule has 1 aromatic heterocycles. The van der Waals surface area contributed by atoms with Crippen LogP contribution in [-0.4, -0.2) is 16.5 Å². The van der Waals surface area contributed by atoms with E-state index in [4.69, 9.17) is 0 Å². The van der Waals surface area contributed by atoms with Crippen molar-refractivity contribution >= 4 is 5.82 Å². The monoisotopic (exact) mass is 217 g/mol. The molecule has 1 heterocycles. The van der Waals surface area contributed by atoms with Gasteiger partial charge in [0.1, 0.15) is 11.6 Å². The van der Waals surface area contributed by atoms with Gasteiger partial charge in [-0.1, -0.05) is 0 Å². The molecule has 16 heavy (non-hydrogen) atoms. The van der Waals surface area contributed by atoms with Crippen molar-refractivity contribution in [1.29, 1.82) is 0 Å². The van der Waals surface area contributed by atoms with Crippen LogP contribution in [0, 0.1) is 5.82 Å². The van der Waals surface area contributed by atoms with Gasteiger partial charge in [-0.25, -0.2) is 14.4 Å². The van der Waals surface area contributed by atoms with Gasteiger partial charge in [-0.2, -0.15) is 0 Å². The van der Waals surface area contributed by atoms with Crippen LogP contribution in [0.4, 0.5) is 10.2 Å². The highest BCUT2D eigenvalue weighted by Crippen LogP contribution is 2.16. The molecule has 2 rings (SSSR count). The molecule has 0 aliphatic rings. The first-order chi connectivity index (χ1) is 7.79. The van der Waals surface area contributed by atoms with Crippen LogP contribution in [0.2, 0.25) is 0 Å². The van der Waals surface area contributed by atoms with E-state index >= 15 is 0 Å². The molecule has 3 nitrogen and oxygen atoms in total. The Morgan fingerprint density at radius 2 is 1.94 bits per heavy atom. The molecule has 0 bridgehead atoms. The second-order valence-electron chi connectivity index (χ2n) is 3.30. The second-order valence-corrected chi connectivity index (χ2v) is 3.30. The maximum absolute atomic E-state index is 12.7. The Morgan fingerprint density at radius 1 is 1.19 bits per heavy atom. The lowest BCUT2D eigenvalue weighted by Gasteiger charge is -2.04. The molecule has 0 aliphatic heterocycles. The Morgan fingerprint density at radius 3 is 2.62 bits per heavy atom. The second kappa shape index (κ2) is 4.70. The third kappa shape index (κ3) is 2.34. The molecular formula is C12H12FN3. The smallest absolute Gasteiger partial charge is 0.161 e. The van der Waals surface area contributed by atoms with E-state index in [9.17, 15) is 4.39 Å². The van der Waals surface area contributed by atoms with Gasteiger partial charge >= 0.3 is 0 Å². The van der Waals surface area contributed by atoms with E-state index in [2.05, 4.69) is 15.3 Å². The zero-order valence-corrected chi connectivity index (χ0v) is 8.94. The first kappa shape index (κ1) is 10.5. The minimum Gasteiger partial charge on any atom is -0.370 e. The minimum absolute atomic E-state index is 0.258. The first-order valence-corrected chi connectivity index (χ1v) is 5.12. The molecule has 82 valence electrons. The molecule has 0 saturated heterocycles. The van der Waals surface area contributed by atoms with Crippen molar-refractivity contribution in [3.8, 4) is 11.4 Å². The summed E-state index contributed by atoms with van der Waals surface area (Å²) >= 11 is 0. The number of anilines is 1. The molecule has 1 aromatic carbocycles. The van der Waals surface area contributed by atoms with Crippen molar-refractivity contribution in [2.45, 2.75) is 6.92 Å². The van der Waals surface area contributed by atoms with Crippen LogP contribution in [-0.2, 0) is 0 Å². The fourth-order valence-corrected chi connectivity index (χ4v) is 1.38. The molecular weight excluding hydrogens is 205 g/mol. The number of hydrogen-bond acceptors (Lipinski definition) is 3. The summed E-state index contributed by atoms with van der Waals surface area (Å²) in [5.41, 5.74) is 0.807. The largest absolute Gasteiger partial charge is 0.370 e. The minimum atomic E-state index is -0.258. The Bertz CT molecular complexity index is 468. The van der Waals surface area contributed by atoms with Crippen LogP contribution in [0.1, 0.15) is 6.92 Å². The third-order valence-corrected chi connectivity index (χ3v) is 2.12. The lowest BCUT2D eigenvalue weighted by atomic mass is 10.2. The summed E-state index contributed by atoms with van der Waals surface area (Å²) in [7, 11) is 0. The molecule has 0 amide bonds. The molecule has 0 spiro atoms. The van der Waals surface area contributed by atoms with Gasteiger partial charge in [0.05, 0.1) is 0 Å². The van der Waals surface area contributed by atoms with Crippen molar-refractivity contribution in [1.82, 2.24) is 9.97 Å². The fourth-order valence-electron chi connectivity index (χ4n) is 1.38. The average molecular weight is 217 g/mol. The number of aromatic nitrogens is 2. The Kier molecular flexibility index (Phi) is 3.10. The quantitative estimate of drug-likeness (QED) is 0.859. The number of nitrogens with one attached hydrogen (secondary N) is 1. The lowest BCUT2D eigenvalue weighted by molar-refractivity contribution is 0.628. The summed E-state index contributed by atoms with van der Waals surface area (Å²) in [6.45, 7) is 2.81. The zero-order chi connectivity index (χ0) is 11.4. The molecule has 4 heteroatoms. The maximum Gasteiger partial charge on any atom is 0.161 e. The van der Waals surface area contributed by atoms with Gasteiger partial charge in [-0.15, -0.1) is 0 Å². The Hall–Kier alpha value is -1.97. The predicted octanol–water partition coefficient (Wildman–Crippen LogP) is 2.71. The molecule has 0 radical (unpaired) electrons. The van der Waals surface area contributed by atoms with Crippen LogP contribution in [0.3, 0.4) is 0 Å². The van der Waals surface area contributed by atoms with Crippen molar-refractivity contribution in [2.75, 3.05) is 11.9 Å². The van der Waals surface area contributed by atoms with Crippen molar-refractivity contribution < 1.29 is 4.39 Å². The van der Waals surface area contributed by atoms with Gasteiger partial charge in [-0.05, 0) is 37.3 Å². The van der Waals surface area contributed by atoms with Crippen LogP contribution in [0.25, 0.3) is 11.4 Å². The molecule has 0 unspecified atom stereocenters. The molecule has 2 aromatic rings. The number of halogens is 1. The summed E-state index contributed by atoms with van der Waals surface area (Å²) in [6.07, 6.45) is 1.68. The highest BCUT2D eigenvalue weighted by molar-refractivity contribution is 5.56. The Balaban J connectivity index is 2.32. The van der Waals surface area contributed by atoms with Gasteiger partial charge in [0.25, 0.3) is 0 Å². The molecule has 1 N–H and O–H groups in total. The van der Waals surface area contributed by atoms with Crippen LogP contribution in [0.15, 0.2) is 36.5 Å². The number of nitrogens with zero attached hydrogens (tertiary/aromatic N) is 2. The van der Waals surface area contributed by atoms with Gasteiger partial charge in [0, 0.05) is 18.3 Å². The fraction of sp³-hybridized carbons (Fsp3) is 0.167. The van der Waals surface area contributed by atoms with Crippen LogP contribution in [0.5, 0.6) is 0 Å². The number of hydrogen-bond donors (Lipinski definition) is 1. The van der Waals surface area contributed by atoms with E-state index < -0.39 is 0 Å². The van der Waals surface area contributed by atoms with E-state index in [0.717, 1.165) is 17.9 Å². The average Bonchev–Trinajstić information content (AvgIpc) is 2.31. The maximum atomic E-state index is 12.7. The summed E-state index contributed by atoms with van der Waals surface area (Å²) in [5, 5.41) is 3.10. The van der Waals surface area contributed by atoms with Crippen molar-refractivity contribution in [2.24, 2.45) is 0 Å². The normalized spacial score (nSPS) is 10.1. The highest BCUT2D eigenvalue weighted by atomic mass is 19.1. The molecule has 0 saturated carbocycles. The zero-order valence-electron chi connectivity index (χ0n) is 8.94. The van der Waals surface area contributed by atoms with Gasteiger partial charge in [0.2, 0.25) is 0 Å². The van der Waals surface area contributed by atoms with E-state index in [1.807, 2.05) is 6.92 Å². The highest BCUT2D eigenvalue weighted by Gasteiger charge is 2.02. The molecule has 0 atom stereocenters. The SMILES string of the molecule is CCNc1ccnc(-c2ccc(F)cc2)n1. The standard InChI is InChI=1S/C12H12FN3/c1-2-14-11-7-8-15-12(16-11)9-3-5-10(13)6-4-9/h3-8H,2H2,1H3,(H,14,15,16). The van der Waals surface area contributed by atoms with Gasteiger partial charge < -0.3 is 5.32 Å². The van der Waals surface area contributed by atoms with E-state index in [1.54, 1.807) is 24.4 Å². The summed E-state index contributed by atoms with van der Waals surface area (Å²) in [5.74, 6) is 1.11. The summed E-state index contributed by atoms with van der Waals surface area (Å²) in [4.78, 5) is 8.47. The first-order valence-electron chi connectivity index (χ1n) is 5.12. The van der Waals surface area contributed by atoms with Crippen LogP contribution >= 0.6 is 0 Å². The van der Waals surface area contributed by atoms with E-state index in [-0.39, 0.29) is 5.82 Å². The number of rotatable bonds is 3. The predicted molar refractivity (Wildman–Crippen MR) is 61.6 cm³/mol. The van der Waals surface area contributed by atoms with Crippen molar-refractivity contribution in [3.63, 3.8) is 0 Å². The molecule has 0 fully saturated rings. The molecule has 0 aliphatic carbocycles. The Labute approximate surface area is 93.4 Å². The third-order valence-electron chi connectivity index (χ3n) is 2.12. The van der Waals surface area contributed by atoms with E-state index in [1.165, 1.54) is 12.1 Å². The lowest BCUT2D eigenvalue weighted by Crippen LogP contribution is -2.00. The van der Waals surface area contributed by atoms with E-state index in [0.29, 0.717) is 5.82 Å². The van der Waals surface area contributed by atoms with Crippen LogP contribution < -0.4 is 5.32 Å². The summed E-state index contributed by atoms with van der Waals surface area (Å²) < 4.78 is 12.7. The number of benzene rings is 1. The van der Waals surface area contributed by atoms with Crippen molar-refractivity contribution in [3.05, 3.63) is 42.3 Å².